The lowest BCUT2D eigenvalue weighted by atomic mass is 9.99. The molecule has 2 N–H and O–H groups in total. The van der Waals surface area contributed by atoms with Crippen molar-refractivity contribution in [3.63, 3.8) is 0 Å². The van der Waals surface area contributed by atoms with Crippen LogP contribution < -0.4 is 10.5 Å². The van der Waals surface area contributed by atoms with Crippen LogP contribution in [0.2, 0.25) is 0 Å². The molecular formula is C16H20N2O. The van der Waals surface area contributed by atoms with E-state index in [1.165, 1.54) is 5.56 Å². The van der Waals surface area contributed by atoms with Crippen LogP contribution in [0.3, 0.4) is 0 Å². The zero-order chi connectivity index (χ0) is 13.8. The van der Waals surface area contributed by atoms with Crippen molar-refractivity contribution in [2.24, 2.45) is 5.73 Å². The minimum absolute atomic E-state index is 0.0659. The van der Waals surface area contributed by atoms with Gasteiger partial charge in [0.2, 0.25) is 0 Å². The SMILES string of the molecule is COc1ccc(C)cc1CC(N)c1ccc(C)nc1. The van der Waals surface area contributed by atoms with Gasteiger partial charge in [-0.3, -0.25) is 4.98 Å². The topological polar surface area (TPSA) is 48.1 Å². The summed E-state index contributed by atoms with van der Waals surface area (Å²) in [4.78, 5) is 4.29. The summed E-state index contributed by atoms with van der Waals surface area (Å²) in [6, 6.07) is 10.1. The van der Waals surface area contributed by atoms with Crippen molar-refractivity contribution in [1.29, 1.82) is 0 Å². The van der Waals surface area contributed by atoms with Gasteiger partial charge in [-0.15, -0.1) is 0 Å². The summed E-state index contributed by atoms with van der Waals surface area (Å²) in [6.07, 6.45) is 2.60. The van der Waals surface area contributed by atoms with Gasteiger partial charge < -0.3 is 10.5 Å². The second-order valence-electron chi connectivity index (χ2n) is 4.86. The fraction of sp³-hybridized carbons (Fsp3) is 0.312. The summed E-state index contributed by atoms with van der Waals surface area (Å²) in [5, 5.41) is 0. The second kappa shape index (κ2) is 5.85. The Hall–Kier alpha value is -1.87. The van der Waals surface area contributed by atoms with Crippen LogP contribution in [-0.2, 0) is 6.42 Å². The number of pyridine rings is 1. The Morgan fingerprint density at radius 3 is 2.63 bits per heavy atom. The van der Waals surface area contributed by atoms with Gasteiger partial charge in [-0.2, -0.15) is 0 Å². The zero-order valence-corrected chi connectivity index (χ0v) is 11.7. The first-order valence-corrected chi connectivity index (χ1v) is 6.42. The summed E-state index contributed by atoms with van der Waals surface area (Å²) in [5.41, 5.74) is 10.7. The van der Waals surface area contributed by atoms with E-state index < -0.39 is 0 Å². The first-order chi connectivity index (χ1) is 9.10. The van der Waals surface area contributed by atoms with E-state index in [0.29, 0.717) is 0 Å². The summed E-state index contributed by atoms with van der Waals surface area (Å²) in [5.74, 6) is 0.890. The standard InChI is InChI=1S/C16H20N2O/c1-11-4-7-16(19-3)14(8-11)9-15(17)13-6-5-12(2)18-10-13/h4-8,10,15H,9,17H2,1-3H3. The summed E-state index contributed by atoms with van der Waals surface area (Å²) in [6.45, 7) is 4.04. The minimum atomic E-state index is -0.0659. The maximum atomic E-state index is 6.26. The van der Waals surface area contributed by atoms with Gasteiger partial charge in [-0.25, -0.2) is 0 Å². The lowest BCUT2D eigenvalue weighted by molar-refractivity contribution is 0.408. The molecule has 0 spiro atoms. The molecule has 0 amide bonds. The van der Waals surface area contributed by atoms with E-state index in [4.69, 9.17) is 10.5 Å². The molecule has 2 rings (SSSR count). The lowest BCUT2D eigenvalue weighted by Gasteiger charge is -2.15. The van der Waals surface area contributed by atoms with Crippen LogP contribution in [-0.4, -0.2) is 12.1 Å². The number of benzene rings is 1. The molecule has 1 atom stereocenters. The van der Waals surface area contributed by atoms with Gasteiger partial charge >= 0.3 is 0 Å². The molecule has 2 aromatic rings. The molecule has 1 heterocycles. The molecule has 0 bridgehead atoms. The van der Waals surface area contributed by atoms with E-state index in [9.17, 15) is 0 Å². The predicted molar refractivity (Wildman–Crippen MR) is 77.3 cm³/mol. The lowest BCUT2D eigenvalue weighted by Crippen LogP contribution is -2.14. The smallest absolute Gasteiger partial charge is 0.122 e. The molecule has 0 saturated heterocycles. The van der Waals surface area contributed by atoms with Crippen LogP contribution in [0.1, 0.15) is 28.4 Å². The molecule has 100 valence electrons. The Labute approximate surface area is 114 Å². The molecule has 3 heteroatoms. The Kier molecular flexibility index (Phi) is 4.17. The first kappa shape index (κ1) is 13.6. The fourth-order valence-corrected chi connectivity index (χ4v) is 2.12. The number of methoxy groups -OCH3 is 1. The van der Waals surface area contributed by atoms with Crippen LogP contribution in [0.15, 0.2) is 36.5 Å². The molecule has 0 aliphatic carbocycles. The Morgan fingerprint density at radius 2 is 2.00 bits per heavy atom. The normalized spacial score (nSPS) is 12.2. The van der Waals surface area contributed by atoms with Gasteiger partial charge in [0.15, 0.2) is 0 Å². The third-order valence-corrected chi connectivity index (χ3v) is 3.24. The summed E-state index contributed by atoms with van der Waals surface area (Å²) < 4.78 is 5.39. The number of hydrogen-bond acceptors (Lipinski definition) is 3. The number of ether oxygens (including phenoxy) is 1. The number of nitrogens with two attached hydrogens (primary N) is 1. The van der Waals surface area contributed by atoms with Gasteiger partial charge in [0.1, 0.15) is 5.75 Å². The van der Waals surface area contributed by atoms with Gasteiger partial charge in [-0.1, -0.05) is 23.8 Å². The van der Waals surface area contributed by atoms with E-state index in [0.717, 1.165) is 29.0 Å². The van der Waals surface area contributed by atoms with Crippen LogP contribution in [0.4, 0.5) is 0 Å². The zero-order valence-electron chi connectivity index (χ0n) is 11.7. The van der Waals surface area contributed by atoms with E-state index in [-0.39, 0.29) is 6.04 Å². The molecule has 1 unspecified atom stereocenters. The molecule has 0 radical (unpaired) electrons. The van der Waals surface area contributed by atoms with E-state index >= 15 is 0 Å². The van der Waals surface area contributed by atoms with Gasteiger partial charge in [0, 0.05) is 17.9 Å². The van der Waals surface area contributed by atoms with Gasteiger partial charge in [0.25, 0.3) is 0 Å². The molecule has 0 aliphatic rings. The highest BCUT2D eigenvalue weighted by molar-refractivity contribution is 5.38. The monoisotopic (exact) mass is 256 g/mol. The van der Waals surface area contributed by atoms with Crippen molar-refractivity contribution in [3.05, 3.63) is 58.9 Å². The highest BCUT2D eigenvalue weighted by atomic mass is 16.5. The van der Waals surface area contributed by atoms with E-state index in [2.05, 4.69) is 18.0 Å². The van der Waals surface area contributed by atoms with Gasteiger partial charge in [0.05, 0.1) is 7.11 Å². The number of nitrogens with zero attached hydrogens (tertiary/aromatic N) is 1. The fourth-order valence-electron chi connectivity index (χ4n) is 2.12. The number of aromatic nitrogens is 1. The molecule has 1 aromatic heterocycles. The molecule has 3 nitrogen and oxygen atoms in total. The van der Waals surface area contributed by atoms with Crippen LogP contribution in [0.5, 0.6) is 5.75 Å². The predicted octanol–water partition coefficient (Wildman–Crippen LogP) is 2.95. The van der Waals surface area contributed by atoms with Crippen molar-refractivity contribution >= 4 is 0 Å². The van der Waals surface area contributed by atoms with Crippen molar-refractivity contribution in [3.8, 4) is 5.75 Å². The molecule has 0 saturated carbocycles. The third kappa shape index (κ3) is 3.32. The van der Waals surface area contributed by atoms with Crippen LogP contribution in [0, 0.1) is 13.8 Å². The maximum Gasteiger partial charge on any atom is 0.122 e. The summed E-state index contributed by atoms with van der Waals surface area (Å²) in [7, 11) is 1.69. The highest BCUT2D eigenvalue weighted by Crippen LogP contribution is 2.24. The van der Waals surface area contributed by atoms with E-state index in [1.807, 2.05) is 37.4 Å². The highest BCUT2D eigenvalue weighted by Gasteiger charge is 2.11. The maximum absolute atomic E-state index is 6.26. The van der Waals surface area contributed by atoms with Gasteiger partial charge in [-0.05, 0) is 43.5 Å². The second-order valence-corrected chi connectivity index (χ2v) is 4.86. The minimum Gasteiger partial charge on any atom is -0.496 e. The van der Waals surface area contributed by atoms with E-state index in [1.54, 1.807) is 7.11 Å². The third-order valence-electron chi connectivity index (χ3n) is 3.24. The van der Waals surface area contributed by atoms with Crippen LogP contribution >= 0.6 is 0 Å². The summed E-state index contributed by atoms with van der Waals surface area (Å²) >= 11 is 0. The average Bonchev–Trinajstić information content (AvgIpc) is 2.39. The number of rotatable bonds is 4. The van der Waals surface area contributed by atoms with Crippen molar-refractivity contribution in [1.82, 2.24) is 4.98 Å². The molecule has 19 heavy (non-hydrogen) atoms. The molecular weight excluding hydrogens is 236 g/mol. The molecule has 0 aliphatic heterocycles. The van der Waals surface area contributed by atoms with Crippen molar-refractivity contribution in [2.75, 3.05) is 7.11 Å². The molecule has 0 fully saturated rings. The largest absolute Gasteiger partial charge is 0.496 e. The van der Waals surface area contributed by atoms with Crippen LogP contribution in [0.25, 0.3) is 0 Å². The Morgan fingerprint density at radius 1 is 1.21 bits per heavy atom. The quantitative estimate of drug-likeness (QED) is 0.915. The Balaban J connectivity index is 2.20. The van der Waals surface area contributed by atoms with Crippen molar-refractivity contribution < 1.29 is 4.74 Å². The number of aryl methyl sites for hydroxylation is 2. The number of hydrogen-bond donors (Lipinski definition) is 1. The van der Waals surface area contributed by atoms with Crippen molar-refractivity contribution in [2.45, 2.75) is 26.3 Å². The average molecular weight is 256 g/mol. The first-order valence-electron chi connectivity index (χ1n) is 6.42. The molecule has 1 aromatic carbocycles. The Bertz CT molecular complexity index is 549.